The summed E-state index contributed by atoms with van der Waals surface area (Å²) >= 11 is 0. The van der Waals surface area contributed by atoms with Gasteiger partial charge in [-0.05, 0) is 56.8 Å². The fourth-order valence-corrected chi connectivity index (χ4v) is 2.44. The van der Waals surface area contributed by atoms with E-state index in [4.69, 9.17) is 0 Å². The van der Waals surface area contributed by atoms with Crippen LogP contribution in [0.1, 0.15) is 44.9 Å². The quantitative estimate of drug-likeness (QED) is 0.463. The van der Waals surface area contributed by atoms with Crippen molar-refractivity contribution in [2.75, 3.05) is 0 Å². The molecular formula is C11H18. The van der Waals surface area contributed by atoms with E-state index < -0.39 is 0 Å². The van der Waals surface area contributed by atoms with Crippen molar-refractivity contribution in [1.29, 1.82) is 0 Å². The van der Waals surface area contributed by atoms with Gasteiger partial charge in [-0.2, -0.15) is 0 Å². The molecule has 0 N–H and O–H groups in total. The first-order chi connectivity index (χ1) is 5.47. The molecule has 2 rings (SSSR count). The molecule has 0 aromatic carbocycles. The Balaban J connectivity index is 1.87. The maximum Gasteiger partial charge on any atom is -0.0348 e. The Morgan fingerprint density at radius 2 is 1.45 bits per heavy atom. The third kappa shape index (κ3) is 1.66. The van der Waals surface area contributed by atoms with Crippen LogP contribution in [0.25, 0.3) is 0 Å². The van der Waals surface area contributed by atoms with Crippen molar-refractivity contribution in [3.05, 3.63) is 12.2 Å². The van der Waals surface area contributed by atoms with Gasteiger partial charge in [-0.25, -0.2) is 0 Å². The number of hydrogen-bond acceptors (Lipinski definition) is 0. The summed E-state index contributed by atoms with van der Waals surface area (Å²) in [5.41, 5.74) is 0. The first kappa shape index (κ1) is 7.39. The highest BCUT2D eigenvalue weighted by Gasteiger charge is 2.29. The maximum absolute atomic E-state index is 2.39. The smallest absolute Gasteiger partial charge is 0.0348 e. The van der Waals surface area contributed by atoms with E-state index in [0.29, 0.717) is 0 Å². The minimum atomic E-state index is 1.11. The highest BCUT2D eigenvalue weighted by molar-refractivity contribution is 4.89. The summed E-state index contributed by atoms with van der Waals surface area (Å²) in [4.78, 5) is 0. The van der Waals surface area contributed by atoms with Gasteiger partial charge in [-0.1, -0.05) is 12.2 Å². The van der Waals surface area contributed by atoms with Gasteiger partial charge in [0.2, 0.25) is 0 Å². The van der Waals surface area contributed by atoms with Gasteiger partial charge in [0.1, 0.15) is 0 Å². The van der Waals surface area contributed by atoms with Crippen molar-refractivity contribution in [2.24, 2.45) is 11.8 Å². The van der Waals surface area contributed by atoms with Crippen LogP contribution in [0.4, 0.5) is 0 Å². The van der Waals surface area contributed by atoms with E-state index >= 15 is 0 Å². The molecule has 0 unspecified atom stereocenters. The van der Waals surface area contributed by atoms with Crippen molar-refractivity contribution < 1.29 is 0 Å². The highest BCUT2D eigenvalue weighted by atomic mass is 14.3. The van der Waals surface area contributed by atoms with E-state index in [-0.39, 0.29) is 0 Å². The molecule has 2 aliphatic carbocycles. The minimum Gasteiger partial charge on any atom is -0.0885 e. The molecule has 11 heavy (non-hydrogen) atoms. The highest BCUT2D eigenvalue weighted by Crippen LogP contribution is 2.41. The van der Waals surface area contributed by atoms with E-state index in [9.17, 15) is 0 Å². The van der Waals surface area contributed by atoms with Crippen molar-refractivity contribution in [3.63, 3.8) is 0 Å². The molecule has 0 amide bonds. The summed E-state index contributed by atoms with van der Waals surface area (Å²) in [5, 5.41) is 0. The van der Waals surface area contributed by atoms with Crippen molar-refractivity contribution in [2.45, 2.75) is 44.9 Å². The zero-order valence-electron chi connectivity index (χ0n) is 7.26. The van der Waals surface area contributed by atoms with Crippen molar-refractivity contribution in [1.82, 2.24) is 0 Å². The SMILES string of the molecule is C1=C/CC[C@H]2CC[C@@H]2CCC/1. The molecule has 2 atom stereocenters. The summed E-state index contributed by atoms with van der Waals surface area (Å²) in [6.07, 6.45) is 14.9. The summed E-state index contributed by atoms with van der Waals surface area (Å²) in [6.45, 7) is 0. The lowest BCUT2D eigenvalue weighted by Crippen LogP contribution is -2.25. The van der Waals surface area contributed by atoms with Gasteiger partial charge < -0.3 is 0 Å². The van der Waals surface area contributed by atoms with E-state index in [0.717, 1.165) is 11.8 Å². The Kier molecular flexibility index (Phi) is 2.30. The topological polar surface area (TPSA) is 0 Å². The summed E-state index contributed by atoms with van der Waals surface area (Å²) in [7, 11) is 0. The van der Waals surface area contributed by atoms with Gasteiger partial charge in [-0.3, -0.25) is 0 Å². The maximum atomic E-state index is 2.39. The van der Waals surface area contributed by atoms with Gasteiger partial charge in [-0.15, -0.1) is 0 Å². The molecule has 0 aromatic rings. The standard InChI is InChI=1S/C11H18/c1-2-4-6-10-8-9-11(10)7-5-3-1/h1-2,10-11H,3-9H2/b2-1+/t10-,11-/m0/s1. The second kappa shape index (κ2) is 3.42. The number of fused-ring (bicyclic) bond motifs is 1. The molecule has 0 bridgehead atoms. The molecule has 0 heteroatoms. The van der Waals surface area contributed by atoms with Crippen molar-refractivity contribution >= 4 is 0 Å². The Bertz CT molecular complexity index is 146. The van der Waals surface area contributed by atoms with Gasteiger partial charge >= 0.3 is 0 Å². The van der Waals surface area contributed by atoms with Crippen LogP contribution in [0, 0.1) is 11.8 Å². The monoisotopic (exact) mass is 150 g/mol. The van der Waals surface area contributed by atoms with Crippen molar-refractivity contribution in [3.8, 4) is 0 Å². The Morgan fingerprint density at radius 1 is 0.727 bits per heavy atom. The zero-order valence-corrected chi connectivity index (χ0v) is 7.26. The molecule has 0 nitrogen and oxygen atoms in total. The lowest BCUT2D eigenvalue weighted by Gasteiger charge is -2.36. The second-order valence-electron chi connectivity index (χ2n) is 4.08. The molecule has 2 aliphatic rings. The summed E-state index contributed by atoms with van der Waals surface area (Å²) in [6, 6.07) is 0. The van der Waals surface area contributed by atoms with Gasteiger partial charge in [0.15, 0.2) is 0 Å². The molecular weight excluding hydrogens is 132 g/mol. The molecule has 1 fully saturated rings. The third-order valence-electron chi connectivity index (χ3n) is 3.39. The molecule has 0 heterocycles. The lowest BCUT2D eigenvalue weighted by atomic mass is 9.69. The molecule has 0 radical (unpaired) electrons. The summed E-state index contributed by atoms with van der Waals surface area (Å²) < 4.78 is 0. The molecule has 0 saturated heterocycles. The minimum absolute atomic E-state index is 1.11. The molecule has 0 spiro atoms. The average Bonchev–Trinajstić information content (AvgIpc) is 2.04. The predicted octanol–water partition coefficient (Wildman–Crippen LogP) is 3.53. The Hall–Kier alpha value is -0.260. The van der Waals surface area contributed by atoms with Crippen LogP contribution in [0.3, 0.4) is 0 Å². The van der Waals surface area contributed by atoms with Gasteiger partial charge in [0, 0.05) is 0 Å². The van der Waals surface area contributed by atoms with Crippen LogP contribution in [0.5, 0.6) is 0 Å². The van der Waals surface area contributed by atoms with E-state index in [1.165, 1.54) is 44.9 Å². The molecule has 1 saturated carbocycles. The Morgan fingerprint density at radius 3 is 2.27 bits per heavy atom. The van der Waals surface area contributed by atoms with Crippen LogP contribution in [-0.2, 0) is 0 Å². The largest absolute Gasteiger partial charge is 0.0885 e. The van der Waals surface area contributed by atoms with Gasteiger partial charge in [0.05, 0.1) is 0 Å². The fraction of sp³-hybridized carbons (Fsp3) is 0.818. The van der Waals surface area contributed by atoms with Crippen LogP contribution >= 0.6 is 0 Å². The van der Waals surface area contributed by atoms with Crippen LogP contribution in [0.15, 0.2) is 12.2 Å². The average molecular weight is 150 g/mol. The van der Waals surface area contributed by atoms with Gasteiger partial charge in [0.25, 0.3) is 0 Å². The molecule has 0 aliphatic heterocycles. The van der Waals surface area contributed by atoms with Crippen LogP contribution in [-0.4, -0.2) is 0 Å². The van der Waals surface area contributed by atoms with E-state index in [1.54, 1.807) is 0 Å². The fourth-order valence-electron chi connectivity index (χ4n) is 2.44. The number of rotatable bonds is 0. The van der Waals surface area contributed by atoms with E-state index in [2.05, 4.69) is 12.2 Å². The molecule has 0 aromatic heterocycles. The number of hydrogen-bond donors (Lipinski definition) is 0. The predicted molar refractivity (Wildman–Crippen MR) is 48.4 cm³/mol. The first-order valence-corrected chi connectivity index (χ1v) is 5.12. The lowest BCUT2D eigenvalue weighted by molar-refractivity contribution is 0.153. The normalized spacial score (nSPS) is 40.7. The zero-order chi connectivity index (χ0) is 7.52. The van der Waals surface area contributed by atoms with Crippen LogP contribution in [0.2, 0.25) is 0 Å². The molecule has 62 valence electrons. The summed E-state index contributed by atoms with van der Waals surface area (Å²) in [5.74, 6) is 2.23. The Labute approximate surface area is 69.7 Å². The first-order valence-electron chi connectivity index (χ1n) is 5.12. The third-order valence-corrected chi connectivity index (χ3v) is 3.39. The second-order valence-corrected chi connectivity index (χ2v) is 4.08. The van der Waals surface area contributed by atoms with E-state index in [1.807, 2.05) is 0 Å². The number of allylic oxidation sites excluding steroid dienone is 2. The van der Waals surface area contributed by atoms with Crippen LogP contribution < -0.4 is 0 Å².